The van der Waals surface area contributed by atoms with Gasteiger partial charge >= 0.3 is 0 Å². The molecular weight excluding hydrogens is 334 g/mol. The van der Waals surface area contributed by atoms with Crippen LogP contribution < -0.4 is 5.32 Å². The van der Waals surface area contributed by atoms with Gasteiger partial charge in [-0.3, -0.25) is 4.79 Å². The van der Waals surface area contributed by atoms with Gasteiger partial charge in [-0.25, -0.2) is 0 Å². The van der Waals surface area contributed by atoms with E-state index < -0.39 is 0 Å². The zero-order valence-electron chi connectivity index (χ0n) is 11.5. The number of carbonyl (C=O) groups excluding carboxylic acids is 1. The van der Waals surface area contributed by atoms with Crippen molar-refractivity contribution in [2.75, 3.05) is 0 Å². The first kappa shape index (κ1) is 13.3. The summed E-state index contributed by atoms with van der Waals surface area (Å²) in [6.07, 6.45) is 7.64. The Kier molecular flexibility index (Phi) is 3.22. The van der Waals surface area contributed by atoms with Crippen molar-refractivity contribution in [3.05, 3.63) is 20.8 Å². The number of carbonyl (C=O) groups is 1. The summed E-state index contributed by atoms with van der Waals surface area (Å²) in [4.78, 5) is 14.0. The minimum atomic E-state index is -0.0107. The molecule has 5 rings (SSSR count). The number of halogens is 1. The van der Waals surface area contributed by atoms with E-state index in [2.05, 4.69) is 32.7 Å². The van der Waals surface area contributed by atoms with Crippen LogP contribution in [0.25, 0.3) is 0 Å². The predicted molar refractivity (Wildman–Crippen MR) is 84.5 cm³/mol. The minimum Gasteiger partial charge on any atom is -0.351 e. The average Bonchev–Trinajstić information content (AvgIpc) is 2.80. The van der Waals surface area contributed by atoms with E-state index in [4.69, 9.17) is 0 Å². The number of rotatable bonds is 3. The van der Waals surface area contributed by atoms with Crippen molar-refractivity contribution in [3.63, 3.8) is 0 Å². The van der Waals surface area contributed by atoms with Gasteiger partial charge in [0.25, 0.3) is 0 Å². The van der Waals surface area contributed by atoms with Gasteiger partial charge in [-0.1, -0.05) is 0 Å². The van der Waals surface area contributed by atoms with Gasteiger partial charge in [0.05, 0.1) is 6.54 Å². The lowest BCUT2D eigenvalue weighted by Gasteiger charge is -2.55. The molecule has 2 nitrogen and oxygen atoms in total. The molecule has 4 heteroatoms. The Bertz CT molecular complexity index is 503. The highest BCUT2D eigenvalue weighted by Crippen LogP contribution is 2.60. The molecule has 1 amide bonds. The Hall–Kier alpha value is -0.350. The molecule has 1 aromatic rings. The summed E-state index contributed by atoms with van der Waals surface area (Å²) in [5.41, 5.74) is -0.0107. The molecule has 4 saturated carbocycles. The molecule has 1 N–H and O–H groups in total. The van der Waals surface area contributed by atoms with Crippen LogP contribution in [-0.2, 0) is 11.3 Å². The SMILES string of the molecule is O=C(NCc1cc(Br)cs1)C12CC3CC(CC(C3)C1)C2. The van der Waals surface area contributed by atoms with Crippen molar-refractivity contribution in [1.82, 2.24) is 5.32 Å². The first-order chi connectivity index (χ1) is 9.63. The van der Waals surface area contributed by atoms with E-state index in [0.29, 0.717) is 12.5 Å². The van der Waals surface area contributed by atoms with E-state index in [1.54, 1.807) is 11.3 Å². The highest BCUT2D eigenvalue weighted by molar-refractivity contribution is 9.10. The Labute approximate surface area is 132 Å². The van der Waals surface area contributed by atoms with Gasteiger partial charge in [-0.2, -0.15) is 0 Å². The first-order valence-electron chi connectivity index (χ1n) is 7.64. The zero-order valence-corrected chi connectivity index (χ0v) is 13.9. The predicted octanol–water partition coefficient (Wildman–Crippen LogP) is 4.34. The molecule has 1 aromatic heterocycles. The summed E-state index contributed by atoms with van der Waals surface area (Å²) in [5, 5.41) is 5.30. The summed E-state index contributed by atoms with van der Waals surface area (Å²) < 4.78 is 1.11. The molecule has 0 aliphatic heterocycles. The van der Waals surface area contributed by atoms with Crippen LogP contribution in [0.1, 0.15) is 43.4 Å². The smallest absolute Gasteiger partial charge is 0.226 e. The largest absolute Gasteiger partial charge is 0.351 e. The average molecular weight is 354 g/mol. The molecule has 4 aliphatic carbocycles. The number of hydrogen-bond acceptors (Lipinski definition) is 2. The van der Waals surface area contributed by atoms with Crippen LogP contribution in [0.15, 0.2) is 15.9 Å². The van der Waals surface area contributed by atoms with Crippen LogP contribution in [0.4, 0.5) is 0 Å². The third-order valence-corrected chi connectivity index (χ3v) is 7.26. The molecule has 1 heterocycles. The third-order valence-electron chi connectivity index (χ3n) is 5.56. The summed E-state index contributed by atoms with van der Waals surface area (Å²) >= 11 is 5.18. The van der Waals surface area contributed by atoms with Crippen molar-refractivity contribution >= 4 is 33.2 Å². The number of thiophene rings is 1. The molecule has 0 saturated heterocycles. The number of hydrogen-bond donors (Lipinski definition) is 1. The van der Waals surface area contributed by atoms with Gasteiger partial charge in [0.15, 0.2) is 0 Å². The lowest BCUT2D eigenvalue weighted by Crippen LogP contribution is -2.53. The topological polar surface area (TPSA) is 29.1 Å². The van der Waals surface area contributed by atoms with Gasteiger partial charge in [-0.15, -0.1) is 11.3 Å². The molecule has 4 fully saturated rings. The van der Waals surface area contributed by atoms with Crippen molar-refractivity contribution in [1.29, 1.82) is 0 Å². The van der Waals surface area contributed by atoms with Gasteiger partial charge in [0, 0.05) is 20.1 Å². The van der Waals surface area contributed by atoms with E-state index in [1.165, 1.54) is 24.1 Å². The van der Waals surface area contributed by atoms with Gasteiger partial charge in [0.2, 0.25) is 5.91 Å². The van der Waals surface area contributed by atoms with E-state index in [1.807, 2.05) is 0 Å². The zero-order chi connectivity index (χ0) is 13.7. The van der Waals surface area contributed by atoms with E-state index >= 15 is 0 Å². The molecule has 0 aromatic carbocycles. The Morgan fingerprint density at radius 2 is 1.85 bits per heavy atom. The minimum absolute atomic E-state index is 0.0107. The fourth-order valence-corrected chi connectivity index (χ4v) is 6.58. The van der Waals surface area contributed by atoms with Crippen LogP contribution in [0.2, 0.25) is 0 Å². The second kappa shape index (κ2) is 4.84. The fourth-order valence-electron chi connectivity index (χ4n) is 5.19. The number of amides is 1. The Morgan fingerprint density at radius 3 is 2.35 bits per heavy atom. The van der Waals surface area contributed by atoms with Crippen LogP contribution in [0, 0.1) is 23.2 Å². The van der Waals surface area contributed by atoms with Gasteiger partial charge in [0.1, 0.15) is 0 Å². The molecule has 20 heavy (non-hydrogen) atoms. The van der Waals surface area contributed by atoms with E-state index in [-0.39, 0.29) is 5.41 Å². The molecule has 4 aliphatic rings. The van der Waals surface area contributed by atoms with Crippen LogP contribution in [0.5, 0.6) is 0 Å². The summed E-state index contributed by atoms with van der Waals surface area (Å²) in [5.74, 6) is 2.84. The lowest BCUT2D eigenvalue weighted by molar-refractivity contribution is -0.146. The van der Waals surface area contributed by atoms with Crippen LogP contribution in [-0.4, -0.2) is 5.91 Å². The van der Waals surface area contributed by atoms with Crippen LogP contribution >= 0.6 is 27.3 Å². The Balaban J connectivity index is 1.45. The first-order valence-corrected chi connectivity index (χ1v) is 9.31. The van der Waals surface area contributed by atoms with Crippen molar-refractivity contribution in [3.8, 4) is 0 Å². The molecule has 0 atom stereocenters. The highest BCUT2D eigenvalue weighted by Gasteiger charge is 2.54. The van der Waals surface area contributed by atoms with Crippen molar-refractivity contribution in [2.45, 2.75) is 45.1 Å². The summed E-state index contributed by atoms with van der Waals surface area (Å²) in [6.45, 7) is 0.691. The lowest BCUT2D eigenvalue weighted by atomic mass is 9.49. The van der Waals surface area contributed by atoms with Gasteiger partial charge in [-0.05, 0) is 78.3 Å². The van der Waals surface area contributed by atoms with Crippen molar-refractivity contribution in [2.24, 2.45) is 23.2 Å². The maximum atomic E-state index is 12.8. The van der Waals surface area contributed by atoms with Gasteiger partial charge < -0.3 is 5.32 Å². The van der Waals surface area contributed by atoms with Crippen molar-refractivity contribution < 1.29 is 4.79 Å². The highest BCUT2D eigenvalue weighted by atomic mass is 79.9. The summed E-state index contributed by atoms with van der Waals surface area (Å²) in [7, 11) is 0. The number of nitrogens with one attached hydrogen (secondary N) is 1. The molecule has 0 spiro atoms. The second-order valence-corrected chi connectivity index (χ2v) is 9.02. The maximum absolute atomic E-state index is 12.8. The third kappa shape index (κ3) is 2.25. The maximum Gasteiger partial charge on any atom is 0.226 e. The molecule has 0 radical (unpaired) electrons. The monoisotopic (exact) mass is 353 g/mol. The fraction of sp³-hybridized carbons (Fsp3) is 0.688. The normalized spacial score (nSPS) is 38.1. The molecule has 4 bridgehead atoms. The quantitative estimate of drug-likeness (QED) is 0.859. The van der Waals surface area contributed by atoms with E-state index in [0.717, 1.165) is 41.5 Å². The summed E-state index contributed by atoms with van der Waals surface area (Å²) in [6, 6.07) is 2.10. The Morgan fingerprint density at radius 1 is 1.25 bits per heavy atom. The second-order valence-electron chi connectivity index (χ2n) is 7.11. The van der Waals surface area contributed by atoms with E-state index in [9.17, 15) is 4.79 Å². The molecular formula is C16H20BrNOS. The van der Waals surface area contributed by atoms with Crippen LogP contribution in [0.3, 0.4) is 0 Å². The standard InChI is InChI=1S/C16H20BrNOS/c17-13-4-14(20-9-13)8-18-15(19)16-5-10-1-11(6-16)3-12(2-10)7-16/h4,9-12H,1-3,5-8H2,(H,18,19). The molecule has 108 valence electrons. The molecule has 0 unspecified atom stereocenters.